The topological polar surface area (TPSA) is 71.9 Å². The van der Waals surface area contributed by atoms with Crippen molar-refractivity contribution in [1.82, 2.24) is 4.57 Å². The fraction of sp³-hybridized carbons (Fsp3) is 0.100. The van der Waals surface area contributed by atoms with Gasteiger partial charge in [0.2, 0.25) is 0 Å². The highest BCUT2D eigenvalue weighted by molar-refractivity contribution is 5.88. The molecule has 0 fully saturated rings. The highest BCUT2D eigenvalue weighted by Crippen LogP contribution is 2.24. The maximum atomic E-state index is 10.6. The summed E-state index contributed by atoms with van der Waals surface area (Å²) >= 11 is 0. The third-order valence-electron chi connectivity index (χ3n) is 2.30. The van der Waals surface area contributed by atoms with Gasteiger partial charge in [-0.05, 0) is 6.07 Å². The van der Waals surface area contributed by atoms with Gasteiger partial charge in [-0.3, -0.25) is 10.1 Å². The molecule has 0 saturated carbocycles. The molecule has 5 nitrogen and oxygen atoms in total. The predicted octanol–water partition coefficient (Wildman–Crippen LogP) is 1.96. The van der Waals surface area contributed by atoms with E-state index in [9.17, 15) is 10.1 Å². The number of non-ortho nitro benzene ring substituents is 1. The third-order valence-corrected chi connectivity index (χ3v) is 2.30. The first kappa shape index (κ1) is 9.21. The monoisotopic (exact) mass is 201 g/mol. The molecule has 1 aromatic heterocycles. The van der Waals surface area contributed by atoms with E-state index in [4.69, 9.17) is 5.26 Å². The summed E-state index contributed by atoms with van der Waals surface area (Å²) in [4.78, 5) is 10.1. The Bertz CT molecular complexity index is 592. The molecule has 2 rings (SSSR count). The van der Waals surface area contributed by atoms with Crippen molar-refractivity contribution in [3.63, 3.8) is 0 Å². The van der Waals surface area contributed by atoms with Crippen LogP contribution in [0, 0.1) is 21.4 Å². The first-order valence-electron chi connectivity index (χ1n) is 4.27. The molecule has 0 atom stereocenters. The molecule has 0 unspecified atom stereocenters. The molecule has 0 radical (unpaired) electrons. The molecular formula is C10H7N3O2. The van der Waals surface area contributed by atoms with Crippen molar-refractivity contribution in [3.05, 3.63) is 40.1 Å². The average Bonchev–Trinajstić information content (AvgIpc) is 2.55. The second-order valence-electron chi connectivity index (χ2n) is 3.22. The van der Waals surface area contributed by atoms with Crippen LogP contribution in [-0.4, -0.2) is 9.49 Å². The lowest BCUT2D eigenvalue weighted by Gasteiger charge is -1.95. The zero-order valence-electron chi connectivity index (χ0n) is 7.97. The molecule has 0 amide bonds. The molecule has 0 aliphatic heterocycles. The molecule has 0 spiro atoms. The summed E-state index contributed by atoms with van der Waals surface area (Å²) in [6, 6.07) is 6.52. The maximum absolute atomic E-state index is 10.6. The minimum atomic E-state index is -0.465. The SMILES string of the molecule is Cn1cc(C#N)c2cc([N+](=O)[O-])ccc21. The van der Waals surface area contributed by atoms with Crippen LogP contribution in [0.5, 0.6) is 0 Å². The molecule has 0 bridgehead atoms. The molecular weight excluding hydrogens is 194 g/mol. The lowest BCUT2D eigenvalue weighted by atomic mass is 10.2. The van der Waals surface area contributed by atoms with Crippen LogP contribution in [0.4, 0.5) is 5.69 Å². The Kier molecular flexibility index (Phi) is 1.90. The van der Waals surface area contributed by atoms with Gasteiger partial charge >= 0.3 is 0 Å². The van der Waals surface area contributed by atoms with Crippen molar-refractivity contribution >= 4 is 16.6 Å². The quantitative estimate of drug-likeness (QED) is 0.523. The molecule has 5 heteroatoms. The van der Waals surface area contributed by atoms with Crippen molar-refractivity contribution in [1.29, 1.82) is 5.26 Å². The van der Waals surface area contributed by atoms with Crippen LogP contribution >= 0.6 is 0 Å². The van der Waals surface area contributed by atoms with Gasteiger partial charge in [0.05, 0.1) is 10.5 Å². The molecule has 15 heavy (non-hydrogen) atoms. The summed E-state index contributed by atoms with van der Waals surface area (Å²) < 4.78 is 1.78. The van der Waals surface area contributed by atoms with Gasteiger partial charge in [-0.1, -0.05) is 0 Å². The smallest absolute Gasteiger partial charge is 0.270 e. The Labute approximate surface area is 85.3 Å². The lowest BCUT2D eigenvalue weighted by Crippen LogP contribution is -1.88. The summed E-state index contributed by atoms with van der Waals surface area (Å²) in [6.45, 7) is 0. The highest BCUT2D eigenvalue weighted by Gasteiger charge is 2.11. The Morgan fingerprint density at radius 3 is 2.87 bits per heavy atom. The van der Waals surface area contributed by atoms with Gasteiger partial charge in [0.1, 0.15) is 6.07 Å². The number of nitro groups is 1. The van der Waals surface area contributed by atoms with Crippen LogP contribution in [-0.2, 0) is 7.05 Å². The van der Waals surface area contributed by atoms with Crippen LogP contribution in [0.3, 0.4) is 0 Å². The van der Waals surface area contributed by atoms with Crippen LogP contribution < -0.4 is 0 Å². The van der Waals surface area contributed by atoms with E-state index in [1.54, 1.807) is 23.9 Å². The second-order valence-corrected chi connectivity index (χ2v) is 3.22. The van der Waals surface area contributed by atoms with E-state index in [1.807, 2.05) is 6.07 Å². The number of nitro benzene ring substituents is 1. The first-order valence-corrected chi connectivity index (χ1v) is 4.27. The Morgan fingerprint density at radius 1 is 1.53 bits per heavy atom. The van der Waals surface area contributed by atoms with Crippen molar-refractivity contribution < 1.29 is 4.92 Å². The molecule has 0 aliphatic rings. The third kappa shape index (κ3) is 1.32. The summed E-state index contributed by atoms with van der Waals surface area (Å²) in [5, 5.41) is 20.0. The van der Waals surface area contributed by atoms with E-state index in [-0.39, 0.29) is 5.69 Å². The van der Waals surface area contributed by atoms with E-state index in [0.717, 1.165) is 5.52 Å². The molecule has 74 valence electrons. The van der Waals surface area contributed by atoms with Crippen LogP contribution in [0.1, 0.15) is 5.56 Å². The van der Waals surface area contributed by atoms with Crippen LogP contribution in [0.15, 0.2) is 24.4 Å². The molecule has 0 saturated heterocycles. The number of nitrogens with zero attached hydrogens (tertiary/aromatic N) is 3. The summed E-state index contributed by atoms with van der Waals surface area (Å²) in [6.07, 6.45) is 1.66. The van der Waals surface area contributed by atoms with Crippen molar-refractivity contribution in [3.8, 4) is 6.07 Å². The summed E-state index contributed by atoms with van der Waals surface area (Å²) in [5.74, 6) is 0. The minimum Gasteiger partial charge on any atom is -0.349 e. The lowest BCUT2D eigenvalue weighted by molar-refractivity contribution is -0.384. The van der Waals surface area contributed by atoms with E-state index >= 15 is 0 Å². The van der Waals surface area contributed by atoms with E-state index in [2.05, 4.69) is 0 Å². The van der Waals surface area contributed by atoms with Crippen LogP contribution in [0.25, 0.3) is 10.9 Å². The molecule has 0 N–H and O–H groups in total. The van der Waals surface area contributed by atoms with Crippen molar-refractivity contribution in [2.24, 2.45) is 7.05 Å². The maximum Gasteiger partial charge on any atom is 0.270 e. The fourth-order valence-corrected chi connectivity index (χ4v) is 1.58. The number of aryl methyl sites for hydroxylation is 1. The van der Waals surface area contributed by atoms with E-state index < -0.39 is 4.92 Å². The van der Waals surface area contributed by atoms with Gasteiger partial charge in [0, 0.05) is 36.3 Å². The zero-order valence-corrected chi connectivity index (χ0v) is 7.97. The van der Waals surface area contributed by atoms with Gasteiger partial charge < -0.3 is 4.57 Å². The van der Waals surface area contributed by atoms with Crippen molar-refractivity contribution in [2.75, 3.05) is 0 Å². The fourth-order valence-electron chi connectivity index (χ4n) is 1.58. The van der Waals surface area contributed by atoms with Gasteiger partial charge in [-0.2, -0.15) is 5.26 Å². The molecule has 1 heterocycles. The van der Waals surface area contributed by atoms with Gasteiger partial charge in [0.15, 0.2) is 0 Å². The highest BCUT2D eigenvalue weighted by atomic mass is 16.6. The van der Waals surface area contributed by atoms with Gasteiger partial charge in [0.25, 0.3) is 5.69 Å². The number of hydrogen-bond donors (Lipinski definition) is 0. The predicted molar refractivity (Wildman–Crippen MR) is 54.3 cm³/mol. The average molecular weight is 201 g/mol. The van der Waals surface area contributed by atoms with E-state index in [1.165, 1.54) is 12.1 Å². The number of aromatic nitrogens is 1. The normalized spacial score (nSPS) is 10.1. The minimum absolute atomic E-state index is 0.00481. The first-order chi connectivity index (χ1) is 7.13. The largest absolute Gasteiger partial charge is 0.349 e. The number of hydrogen-bond acceptors (Lipinski definition) is 3. The van der Waals surface area contributed by atoms with Crippen molar-refractivity contribution in [2.45, 2.75) is 0 Å². The van der Waals surface area contributed by atoms with Gasteiger partial charge in [-0.15, -0.1) is 0 Å². The zero-order chi connectivity index (χ0) is 11.0. The number of fused-ring (bicyclic) bond motifs is 1. The molecule has 0 aliphatic carbocycles. The number of nitriles is 1. The van der Waals surface area contributed by atoms with Crippen LogP contribution in [0.2, 0.25) is 0 Å². The Balaban J connectivity index is 2.81. The summed E-state index contributed by atoms with van der Waals surface area (Å²) in [7, 11) is 1.80. The Hall–Kier alpha value is -2.35. The Morgan fingerprint density at radius 2 is 2.27 bits per heavy atom. The molecule has 1 aromatic carbocycles. The summed E-state index contributed by atoms with van der Waals surface area (Å²) in [5.41, 5.74) is 1.28. The standard InChI is InChI=1S/C10H7N3O2/c1-12-6-7(5-11)9-4-8(13(14)15)2-3-10(9)12/h2-4,6H,1H3. The second kappa shape index (κ2) is 3.10. The van der Waals surface area contributed by atoms with Gasteiger partial charge in [-0.25, -0.2) is 0 Å². The molecule has 2 aromatic rings. The van der Waals surface area contributed by atoms with E-state index in [0.29, 0.717) is 10.9 Å². The number of benzene rings is 1. The number of rotatable bonds is 1.